The highest BCUT2D eigenvalue weighted by Crippen LogP contribution is 2.27. The third-order valence-electron chi connectivity index (χ3n) is 4.92. The Morgan fingerprint density at radius 2 is 1.62 bits per heavy atom. The molecule has 172 valence electrons. The third kappa shape index (κ3) is 5.51. The van der Waals surface area contributed by atoms with Gasteiger partial charge in [0.15, 0.2) is 6.61 Å². The number of rotatable bonds is 7. The minimum atomic E-state index is -3.88. The summed E-state index contributed by atoms with van der Waals surface area (Å²) in [5, 5.41) is 7.47. The van der Waals surface area contributed by atoms with Crippen LogP contribution in [0.4, 0.5) is 5.69 Å². The average Bonchev–Trinajstić information content (AvgIpc) is 3.23. The van der Waals surface area contributed by atoms with Crippen molar-refractivity contribution in [2.45, 2.75) is 35.6 Å². The van der Waals surface area contributed by atoms with Crippen LogP contribution in [0.5, 0.6) is 0 Å². The zero-order chi connectivity index (χ0) is 23.5. The summed E-state index contributed by atoms with van der Waals surface area (Å²) in [5.74, 6) is -1.47. The standard InChI is InChI=1S/C20H23N3O7S2/c1-14-4-8-17(9-5-14)32(28,29)23-12-2-3-18(23)20(25)30-13-19(24)22-15-6-10-16(11-7-15)31(21,26)27/h4-11,18H,2-3,12-13H2,1H3,(H,22,24)(H2,21,26,27). The number of aryl methyl sites for hydroxylation is 1. The lowest BCUT2D eigenvalue weighted by Gasteiger charge is -2.22. The molecule has 1 aliphatic rings. The number of esters is 1. The molecule has 2 aromatic carbocycles. The van der Waals surface area contributed by atoms with Gasteiger partial charge in [-0.1, -0.05) is 17.7 Å². The van der Waals surface area contributed by atoms with Gasteiger partial charge in [0.1, 0.15) is 6.04 Å². The van der Waals surface area contributed by atoms with Crippen LogP contribution in [0.25, 0.3) is 0 Å². The second-order valence-corrected chi connectivity index (χ2v) is 10.8. The van der Waals surface area contributed by atoms with Crippen molar-refractivity contribution in [3.8, 4) is 0 Å². The first-order valence-corrected chi connectivity index (χ1v) is 12.6. The fraction of sp³-hybridized carbons (Fsp3) is 0.300. The van der Waals surface area contributed by atoms with Crippen LogP contribution in [0.2, 0.25) is 0 Å². The highest BCUT2D eigenvalue weighted by atomic mass is 32.2. The molecule has 0 spiro atoms. The number of nitrogens with zero attached hydrogens (tertiary/aromatic N) is 1. The van der Waals surface area contributed by atoms with Gasteiger partial charge in [-0.15, -0.1) is 0 Å². The highest BCUT2D eigenvalue weighted by molar-refractivity contribution is 7.89. The van der Waals surface area contributed by atoms with Gasteiger partial charge in [0.2, 0.25) is 20.0 Å². The van der Waals surface area contributed by atoms with E-state index in [-0.39, 0.29) is 22.0 Å². The van der Waals surface area contributed by atoms with Gasteiger partial charge in [-0.25, -0.2) is 22.0 Å². The summed E-state index contributed by atoms with van der Waals surface area (Å²) in [4.78, 5) is 24.6. The van der Waals surface area contributed by atoms with Crippen molar-refractivity contribution < 1.29 is 31.2 Å². The summed E-state index contributed by atoms with van der Waals surface area (Å²) in [6.45, 7) is 1.40. The van der Waals surface area contributed by atoms with Gasteiger partial charge >= 0.3 is 5.97 Å². The molecular weight excluding hydrogens is 458 g/mol. The molecule has 32 heavy (non-hydrogen) atoms. The molecule has 1 heterocycles. The molecule has 1 aliphatic heterocycles. The molecule has 1 atom stereocenters. The van der Waals surface area contributed by atoms with Crippen molar-refractivity contribution in [3.63, 3.8) is 0 Å². The molecule has 1 amide bonds. The first kappa shape index (κ1) is 23.9. The average molecular weight is 482 g/mol. The van der Waals surface area contributed by atoms with Gasteiger partial charge in [0.05, 0.1) is 9.79 Å². The summed E-state index contributed by atoms with van der Waals surface area (Å²) in [6.07, 6.45) is 0.786. The van der Waals surface area contributed by atoms with Crippen molar-refractivity contribution in [1.29, 1.82) is 0 Å². The summed E-state index contributed by atoms with van der Waals surface area (Å²) < 4.78 is 54.5. The van der Waals surface area contributed by atoms with Gasteiger partial charge in [-0.05, 0) is 56.2 Å². The Labute approximate surface area is 186 Å². The molecule has 0 aliphatic carbocycles. The van der Waals surface area contributed by atoms with E-state index in [2.05, 4.69) is 5.32 Å². The molecular formula is C20H23N3O7S2. The maximum atomic E-state index is 12.9. The Bertz CT molecular complexity index is 1210. The zero-order valence-electron chi connectivity index (χ0n) is 17.2. The van der Waals surface area contributed by atoms with E-state index in [0.29, 0.717) is 12.8 Å². The Kier molecular flexibility index (Phi) is 6.98. The Morgan fingerprint density at radius 3 is 2.22 bits per heavy atom. The van der Waals surface area contributed by atoms with E-state index in [1.54, 1.807) is 12.1 Å². The maximum absolute atomic E-state index is 12.9. The Hall–Kier alpha value is -2.80. The van der Waals surface area contributed by atoms with Crippen LogP contribution in [0.1, 0.15) is 18.4 Å². The quantitative estimate of drug-likeness (QED) is 0.559. The van der Waals surface area contributed by atoms with Gasteiger partial charge in [0.25, 0.3) is 5.91 Å². The number of nitrogens with one attached hydrogen (secondary N) is 1. The van der Waals surface area contributed by atoms with Crippen LogP contribution in [0, 0.1) is 6.92 Å². The van der Waals surface area contributed by atoms with E-state index in [1.807, 2.05) is 6.92 Å². The fourth-order valence-corrected chi connectivity index (χ4v) is 5.43. The van der Waals surface area contributed by atoms with Crippen LogP contribution >= 0.6 is 0 Å². The molecule has 3 N–H and O–H groups in total. The van der Waals surface area contributed by atoms with Gasteiger partial charge in [-0.3, -0.25) is 9.59 Å². The van der Waals surface area contributed by atoms with E-state index in [0.717, 1.165) is 9.87 Å². The monoisotopic (exact) mass is 481 g/mol. The van der Waals surface area contributed by atoms with Crippen LogP contribution in [-0.4, -0.2) is 52.2 Å². The number of hydrogen-bond donors (Lipinski definition) is 2. The van der Waals surface area contributed by atoms with Crippen LogP contribution in [0.3, 0.4) is 0 Å². The van der Waals surface area contributed by atoms with E-state index in [4.69, 9.17) is 9.88 Å². The van der Waals surface area contributed by atoms with Crippen LogP contribution < -0.4 is 10.5 Å². The van der Waals surface area contributed by atoms with E-state index >= 15 is 0 Å². The first-order valence-electron chi connectivity index (χ1n) is 9.66. The largest absolute Gasteiger partial charge is 0.454 e. The number of nitrogens with two attached hydrogens (primary N) is 1. The first-order chi connectivity index (χ1) is 15.0. The second-order valence-electron chi connectivity index (χ2n) is 7.31. The van der Waals surface area contributed by atoms with Crippen LogP contribution in [0.15, 0.2) is 58.3 Å². The maximum Gasteiger partial charge on any atom is 0.324 e. The molecule has 1 fully saturated rings. The number of hydrogen-bond acceptors (Lipinski definition) is 7. The summed E-state index contributed by atoms with van der Waals surface area (Å²) >= 11 is 0. The number of sulfonamides is 2. The molecule has 0 radical (unpaired) electrons. The van der Waals surface area contributed by atoms with Gasteiger partial charge in [-0.2, -0.15) is 4.31 Å². The number of ether oxygens (including phenoxy) is 1. The normalized spacial score (nSPS) is 17.1. The van der Waals surface area contributed by atoms with Crippen LogP contribution in [-0.2, 0) is 34.4 Å². The van der Waals surface area contributed by atoms with Crippen molar-refractivity contribution in [2.75, 3.05) is 18.5 Å². The smallest absolute Gasteiger partial charge is 0.324 e. The SMILES string of the molecule is Cc1ccc(S(=O)(=O)N2CCCC2C(=O)OCC(=O)Nc2ccc(S(N)(=O)=O)cc2)cc1. The highest BCUT2D eigenvalue weighted by Gasteiger charge is 2.40. The molecule has 10 nitrogen and oxygen atoms in total. The molecule has 2 aromatic rings. The molecule has 0 aromatic heterocycles. The summed E-state index contributed by atoms with van der Waals surface area (Å²) in [6, 6.07) is 10.4. The molecule has 1 saturated heterocycles. The minimum absolute atomic E-state index is 0.0866. The number of primary sulfonamides is 1. The molecule has 12 heteroatoms. The minimum Gasteiger partial charge on any atom is -0.454 e. The van der Waals surface area contributed by atoms with Crippen molar-refractivity contribution in [1.82, 2.24) is 4.31 Å². The molecule has 1 unspecified atom stereocenters. The Morgan fingerprint density at radius 1 is 1.03 bits per heavy atom. The number of carbonyl (C=O) groups excluding carboxylic acids is 2. The number of benzene rings is 2. The summed E-state index contributed by atoms with van der Waals surface area (Å²) in [5.41, 5.74) is 1.19. The zero-order valence-corrected chi connectivity index (χ0v) is 18.9. The predicted molar refractivity (Wildman–Crippen MR) is 115 cm³/mol. The van der Waals surface area contributed by atoms with E-state index in [1.165, 1.54) is 36.4 Å². The fourth-order valence-electron chi connectivity index (χ4n) is 3.27. The van der Waals surface area contributed by atoms with E-state index in [9.17, 15) is 26.4 Å². The lowest BCUT2D eigenvalue weighted by Crippen LogP contribution is -2.42. The van der Waals surface area contributed by atoms with Crippen molar-refractivity contribution in [2.24, 2.45) is 5.14 Å². The predicted octanol–water partition coefficient (Wildman–Crippen LogP) is 0.977. The molecule has 0 saturated carbocycles. The number of anilines is 1. The van der Waals surface area contributed by atoms with Crippen molar-refractivity contribution in [3.05, 3.63) is 54.1 Å². The molecule has 0 bridgehead atoms. The number of amides is 1. The third-order valence-corrected chi connectivity index (χ3v) is 7.77. The molecule has 3 rings (SSSR count). The summed E-state index contributed by atoms with van der Waals surface area (Å²) in [7, 11) is -7.73. The van der Waals surface area contributed by atoms with Gasteiger partial charge in [0, 0.05) is 12.2 Å². The lowest BCUT2D eigenvalue weighted by molar-refractivity contribution is -0.150. The Balaban J connectivity index is 1.60. The van der Waals surface area contributed by atoms with Crippen molar-refractivity contribution >= 4 is 37.6 Å². The van der Waals surface area contributed by atoms with Gasteiger partial charge < -0.3 is 10.1 Å². The topological polar surface area (TPSA) is 153 Å². The van der Waals surface area contributed by atoms with E-state index < -0.39 is 44.6 Å². The second kappa shape index (κ2) is 9.36. The number of carbonyl (C=O) groups is 2. The lowest BCUT2D eigenvalue weighted by atomic mass is 10.2.